The van der Waals surface area contributed by atoms with Crippen LogP contribution in [0.5, 0.6) is 0 Å². The second-order valence-electron chi connectivity index (χ2n) is 6.77. The molecule has 1 N–H and O–H groups in total. The largest absolute Gasteiger partial charge is 0.465 e. The number of hydrogen-bond donors (Lipinski definition) is 1. The Bertz CT molecular complexity index is 721. The number of imide groups is 1. The highest BCUT2D eigenvalue weighted by atomic mass is 16.5. The quantitative estimate of drug-likeness (QED) is 0.514. The predicted octanol–water partition coefficient (Wildman–Crippen LogP) is 1.76. The van der Waals surface area contributed by atoms with Crippen molar-refractivity contribution in [1.82, 2.24) is 10.2 Å². The standard InChI is InChI=1S/C19H25N3O5/c1-12(2)20-16(23)7-5-4-6-10-22-17(24)14-9-8-13(18(25)27-3)11-15(14)21-19(22)26/h8-9,11-12,14H,4-7,10H2,1-3H3,(H,20,23). The number of carbonyl (C=O) groups is 4. The number of fused-ring (bicyclic) bond motifs is 1. The maximum atomic E-state index is 12.6. The average Bonchev–Trinajstić information content (AvgIpc) is 2.62. The topological polar surface area (TPSA) is 105 Å². The van der Waals surface area contributed by atoms with Crippen molar-refractivity contribution in [2.24, 2.45) is 10.9 Å². The van der Waals surface area contributed by atoms with E-state index in [0.29, 0.717) is 19.3 Å². The molecule has 1 unspecified atom stereocenters. The van der Waals surface area contributed by atoms with Crippen LogP contribution in [0, 0.1) is 5.92 Å². The van der Waals surface area contributed by atoms with E-state index < -0.39 is 17.9 Å². The van der Waals surface area contributed by atoms with Gasteiger partial charge in [0.15, 0.2) is 0 Å². The van der Waals surface area contributed by atoms with Crippen LogP contribution in [0.15, 0.2) is 28.8 Å². The Hall–Kier alpha value is -2.77. The van der Waals surface area contributed by atoms with Crippen molar-refractivity contribution in [3.63, 3.8) is 0 Å². The molecule has 1 aliphatic heterocycles. The van der Waals surface area contributed by atoms with Gasteiger partial charge in [0, 0.05) is 19.0 Å². The van der Waals surface area contributed by atoms with E-state index in [-0.39, 0.29) is 35.7 Å². The summed E-state index contributed by atoms with van der Waals surface area (Å²) in [5.41, 5.74) is 0.510. The van der Waals surface area contributed by atoms with E-state index in [1.165, 1.54) is 19.3 Å². The van der Waals surface area contributed by atoms with E-state index in [1.54, 1.807) is 6.08 Å². The number of unbranched alkanes of at least 4 members (excludes halogenated alkanes) is 2. The van der Waals surface area contributed by atoms with Crippen LogP contribution >= 0.6 is 0 Å². The molecule has 4 amide bonds. The van der Waals surface area contributed by atoms with E-state index in [0.717, 1.165) is 11.3 Å². The second kappa shape index (κ2) is 9.25. The number of nitrogens with zero attached hydrogens (tertiary/aromatic N) is 2. The molecule has 8 nitrogen and oxygen atoms in total. The van der Waals surface area contributed by atoms with Gasteiger partial charge in [-0.1, -0.05) is 18.6 Å². The molecule has 0 saturated carbocycles. The van der Waals surface area contributed by atoms with Gasteiger partial charge in [-0.05, 0) is 32.8 Å². The summed E-state index contributed by atoms with van der Waals surface area (Å²) in [6.07, 6.45) is 6.94. The monoisotopic (exact) mass is 375 g/mol. The maximum absolute atomic E-state index is 12.6. The lowest BCUT2D eigenvalue weighted by atomic mass is 9.92. The Balaban J connectivity index is 1.87. The van der Waals surface area contributed by atoms with E-state index in [2.05, 4.69) is 15.0 Å². The summed E-state index contributed by atoms with van der Waals surface area (Å²) >= 11 is 0. The summed E-state index contributed by atoms with van der Waals surface area (Å²) in [5.74, 6) is -1.55. The molecule has 146 valence electrons. The molecule has 1 heterocycles. The number of methoxy groups -OCH3 is 1. The van der Waals surface area contributed by atoms with Crippen molar-refractivity contribution in [2.75, 3.05) is 13.7 Å². The molecule has 0 saturated heterocycles. The summed E-state index contributed by atoms with van der Waals surface area (Å²) in [7, 11) is 1.26. The number of esters is 1. The Labute approximate surface area is 158 Å². The zero-order chi connectivity index (χ0) is 20.0. The Morgan fingerprint density at radius 2 is 2.00 bits per heavy atom. The first-order chi connectivity index (χ1) is 12.8. The molecule has 0 fully saturated rings. The van der Waals surface area contributed by atoms with Gasteiger partial charge < -0.3 is 10.1 Å². The molecule has 0 aromatic heterocycles. The lowest BCUT2D eigenvalue weighted by molar-refractivity contribution is -0.136. The van der Waals surface area contributed by atoms with Crippen LogP contribution in [0.25, 0.3) is 0 Å². The van der Waals surface area contributed by atoms with Crippen molar-refractivity contribution in [1.29, 1.82) is 0 Å². The van der Waals surface area contributed by atoms with Gasteiger partial charge in [0.05, 0.1) is 24.3 Å². The van der Waals surface area contributed by atoms with Gasteiger partial charge >= 0.3 is 12.0 Å². The molecule has 0 spiro atoms. The summed E-state index contributed by atoms with van der Waals surface area (Å²) in [6, 6.07) is -0.509. The van der Waals surface area contributed by atoms with Crippen molar-refractivity contribution in [3.8, 4) is 0 Å². The molecule has 1 aliphatic carbocycles. The number of allylic oxidation sites excluding steroid dienone is 1. The van der Waals surface area contributed by atoms with Crippen LogP contribution in [0.4, 0.5) is 4.79 Å². The summed E-state index contributed by atoms with van der Waals surface area (Å²) in [6.45, 7) is 4.07. The van der Waals surface area contributed by atoms with Crippen LogP contribution in [-0.2, 0) is 19.1 Å². The first kappa shape index (κ1) is 20.5. The Morgan fingerprint density at radius 1 is 1.26 bits per heavy atom. The summed E-state index contributed by atoms with van der Waals surface area (Å²) < 4.78 is 4.64. The molecular weight excluding hydrogens is 350 g/mol. The van der Waals surface area contributed by atoms with Crippen LogP contribution < -0.4 is 5.32 Å². The SMILES string of the molecule is COC(=O)C1=CC2=NC(=O)N(CCCCCC(=O)NC(C)C)C(=O)C2C=C1. The molecule has 0 aromatic carbocycles. The van der Waals surface area contributed by atoms with Gasteiger partial charge in [-0.25, -0.2) is 9.59 Å². The molecule has 27 heavy (non-hydrogen) atoms. The van der Waals surface area contributed by atoms with E-state index >= 15 is 0 Å². The highest BCUT2D eigenvalue weighted by Crippen LogP contribution is 2.23. The lowest BCUT2D eigenvalue weighted by Gasteiger charge is -2.28. The van der Waals surface area contributed by atoms with Crippen LogP contribution in [-0.4, -0.2) is 54.1 Å². The van der Waals surface area contributed by atoms with Gasteiger partial charge in [-0.2, -0.15) is 4.99 Å². The van der Waals surface area contributed by atoms with Crippen molar-refractivity contribution >= 4 is 29.5 Å². The third-order valence-corrected chi connectivity index (χ3v) is 4.23. The van der Waals surface area contributed by atoms with E-state index in [1.807, 2.05) is 13.8 Å². The first-order valence-corrected chi connectivity index (χ1v) is 9.05. The summed E-state index contributed by atoms with van der Waals surface area (Å²) in [5, 5.41) is 2.82. The minimum Gasteiger partial charge on any atom is -0.465 e. The number of rotatable bonds is 8. The highest BCUT2D eigenvalue weighted by Gasteiger charge is 2.36. The fourth-order valence-electron chi connectivity index (χ4n) is 2.92. The van der Waals surface area contributed by atoms with Gasteiger partial charge in [-0.15, -0.1) is 0 Å². The van der Waals surface area contributed by atoms with E-state index in [9.17, 15) is 19.2 Å². The highest BCUT2D eigenvalue weighted by molar-refractivity contribution is 6.23. The second-order valence-corrected chi connectivity index (χ2v) is 6.77. The van der Waals surface area contributed by atoms with Gasteiger partial charge in [0.1, 0.15) is 0 Å². The molecular formula is C19H25N3O5. The molecule has 0 bridgehead atoms. The van der Waals surface area contributed by atoms with Crippen molar-refractivity contribution < 1.29 is 23.9 Å². The van der Waals surface area contributed by atoms with Gasteiger partial charge in [0.2, 0.25) is 11.8 Å². The fourth-order valence-corrected chi connectivity index (χ4v) is 2.92. The normalized spacial score (nSPS) is 18.8. The Kier molecular flexibility index (Phi) is 7.04. The number of amides is 4. The van der Waals surface area contributed by atoms with Crippen molar-refractivity contribution in [2.45, 2.75) is 45.6 Å². The number of urea groups is 1. The minimum atomic E-state index is -0.659. The number of ether oxygens (including phenoxy) is 1. The lowest BCUT2D eigenvalue weighted by Crippen LogP contribution is -2.46. The molecule has 1 atom stereocenters. The zero-order valence-corrected chi connectivity index (χ0v) is 15.9. The van der Waals surface area contributed by atoms with Crippen molar-refractivity contribution in [3.05, 3.63) is 23.8 Å². The van der Waals surface area contributed by atoms with Crippen LogP contribution in [0.2, 0.25) is 0 Å². The fraction of sp³-hybridized carbons (Fsp3) is 0.526. The first-order valence-electron chi connectivity index (χ1n) is 9.05. The molecule has 0 aromatic rings. The number of carbonyl (C=O) groups excluding carboxylic acids is 4. The van der Waals surface area contributed by atoms with Crippen LogP contribution in [0.1, 0.15) is 39.5 Å². The molecule has 0 radical (unpaired) electrons. The minimum absolute atomic E-state index is 0.00454. The number of hydrogen-bond acceptors (Lipinski definition) is 5. The molecule has 2 aliphatic rings. The average molecular weight is 375 g/mol. The Morgan fingerprint density at radius 3 is 2.67 bits per heavy atom. The molecule has 2 rings (SSSR count). The van der Waals surface area contributed by atoms with Crippen LogP contribution in [0.3, 0.4) is 0 Å². The van der Waals surface area contributed by atoms with Gasteiger partial charge in [-0.3, -0.25) is 14.5 Å². The van der Waals surface area contributed by atoms with E-state index in [4.69, 9.17) is 0 Å². The maximum Gasteiger partial charge on any atom is 0.350 e. The third kappa shape index (κ3) is 5.35. The molecule has 8 heteroatoms. The summed E-state index contributed by atoms with van der Waals surface area (Å²) in [4.78, 5) is 53.0. The number of aliphatic imine (C=N–C) groups is 1. The zero-order valence-electron chi connectivity index (χ0n) is 15.9. The third-order valence-electron chi connectivity index (χ3n) is 4.23. The predicted molar refractivity (Wildman–Crippen MR) is 99.0 cm³/mol. The smallest absolute Gasteiger partial charge is 0.350 e. The van der Waals surface area contributed by atoms with Gasteiger partial charge in [0.25, 0.3) is 0 Å². The number of nitrogens with one attached hydrogen (secondary N) is 1.